The van der Waals surface area contributed by atoms with Crippen molar-refractivity contribution in [1.29, 1.82) is 0 Å². The monoisotopic (exact) mass is 306 g/mol. The average Bonchev–Trinajstić information content (AvgIpc) is 2.42. The fourth-order valence-electron chi connectivity index (χ4n) is 5.14. The summed E-state index contributed by atoms with van der Waals surface area (Å²) in [5.74, 6) is 0.298. The van der Waals surface area contributed by atoms with E-state index in [0.717, 1.165) is 36.7 Å². The summed E-state index contributed by atoms with van der Waals surface area (Å²) in [4.78, 5) is 10.9. The molecule has 2 rings (SSSR count). The van der Waals surface area contributed by atoms with E-state index in [1.807, 2.05) is 13.0 Å². The summed E-state index contributed by atoms with van der Waals surface area (Å²) in [6.45, 7) is 12.4. The lowest BCUT2D eigenvalue weighted by molar-refractivity contribution is -0.167. The van der Waals surface area contributed by atoms with E-state index in [4.69, 9.17) is 0 Å². The van der Waals surface area contributed by atoms with E-state index in [0.29, 0.717) is 6.42 Å². The number of carbonyl (C=O) groups is 1. The molecule has 0 bridgehead atoms. The molecule has 0 unspecified atom stereocenters. The van der Waals surface area contributed by atoms with E-state index in [-0.39, 0.29) is 28.8 Å². The van der Waals surface area contributed by atoms with Crippen LogP contribution < -0.4 is 0 Å². The van der Waals surface area contributed by atoms with E-state index < -0.39 is 6.10 Å². The quantitative estimate of drug-likeness (QED) is 0.478. The molecule has 2 N–H and O–H groups in total. The van der Waals surface area contributed by atoms with Crippen molar-refractivity contribution in [3.8, 4) is 0 Å². The van der Waals surface area contributed by atoms with Gasteiger partial charge in [0.25, 0.3) is 0 Å². The average molecular weight is 306 g/mol. The highest BCUT2D eigenvalue weighted by Crippen LogP contribution is 2.61. The van der Waals surface area contributed by atoms with Gasteiger partial charge in [-0.05, 0) is 60.8 Å². The van der Waals surface area contributed by atoms with Gasteiger partial charge in [-0.3, -0.25) is 4.79 Å². The van der Waals surface area contributed by atoms with Crippen molar-refractivity contribution < 1.29 is 15.0 Å². The summed E-state index contributed by atoms with van der Waals surface area (Å²) in [5.41, 5.74) is 1.42. The Labute approximate surface area is 134 Å². The van der Waals surface area contributed by atoms with Gasteiger partial charge in [0.2, 0.25) is 0 Å². The largest absolute Gasteiger partial charge is 0.393 e. The van der Waals surface area contributed by atoms with Crippen LogP contribution in [0.25, 0.3) is 0 Å². The maximum Gasteiger partial charge on any atom is 0.145 e. The maximum absolute atomic E-state index is 10.9. The number of aliphatic hydroxyl groups is 2. The molecule has 0 spiro atoms. The van der Waals surface area contributed by atoms with Gasteiger partial charge in [0.1, 0.15) is 6.29 Å². The summed E-state index contributed by atoms with van der Waals surface area (Å²) in [5, 5.41) is 21.1. The SMILES string of the molecule is C=C1C[C@@H](O)[C@H]2C(C)(C)[C@@H](O)CC[C@]2(C)[C@H]1C/C=C(\C)C=O. The van der Waals surface area contributed by atoms with Gasteiger partial charge in [0, 0.05) is 0 Å². The normalized spacial score (nSPS) is 41.9. The van der Waals surface area contributed by atoms with E-state index in [1.54, 1.807) is 0 Å². The molecule has 0 amide bonds. The first kappa shape index (κ1) is 17.4. The molecule has 0 heterocycles. The molecule has 0 aliphatic heterocycles. The Bertz CT molecular complexity index is 491. The van der Waals surface area contributed by atoms with Gasteiger partial charge in [-0.25, -0.2) is 0 Å². The number of carbonyl (C=O) groups excluding carboxylic acids is 1. The number of aldehydes is 1. The summed E-state index contributed by atoms with van der Waals surface area (Å²) in [6.07, 6.45) is 5.07. The van der Waals surface area contributed by atoms with Gasteiger partial charge in [0.15, 0.2) is 0 Å². The molecule has 0 aromatic rings. The Morgan fingerprint density at radius 3 is 2.59 bits per heavy atom. The van der Waals surface area contributed by atoms with Crippen LogP contribution in [0.2, 0.25) is 0 Å². The predicted octanol–water partition coefficient (Wildman–Crippen LogP) is 3.26. The van der Waals surface area contributed by atoms with Crippen LogP contribution in [0.15, 0.2) is 23.8 Å². The van der Waals surface area contributed by atoms with E-state index in [1.165, 1.54) is 0 Å². The van der Waals surface area contributed by atoms with Gasteiger partial charge < -0.3 is 10.2 Å². The molecule has 124 valence electrons. The lowest BCUT2D eigenvalue weighted by Crippen LogP contribution is -2.59. The number of hydrogen-bond donors (Lipinski definition) is 2. The molecule has 3 nitrogen and oxygen atoms in total. The first-order chi connectivity index (χ1) is 10.1. The zero-order valence-corrected chi connectivity index (χ0v) is 14.3. The molecule has 0 radical (unpaired) electrons. The minimum absolute atomic E-state index is 0.0455. The lowest BCUT2D eigenvalue weighted by atomic mass is 9.45. The molecule has 2 aliphatic carbocycles. The number of rotatable bonds is 3. The standard InChI is InChI=1S/C19H30O3/c1-12(11-20)6-7-14-13(2)10-15(21)17-18(3,4)16(22)8-9-19(14,17)5/h6,11,14-17,21-22H,2,7-10H2,1,3-5H3/b12-6+/t14-,15+,16-,17-,19+/m0/s1. The van der Waals surface area contributed by atoms with Crippen LogP contribution in [0.3, 0.4) is 0 Å². The zero-order valence-electron chi connectivity index (χ0n) is 14.3. The number of aliphatic hydroxyl groups excluding tert-OH is 2. The van der Waals surface area contributed by atoms with Crippen molar-refractivity contribution in [2.24, 2.45) is 22.7 Å². The summed E-state index contributed by atoms with van der Waals surface area (Å²) in [6, 6.07) is 0. The smallest absolute Gasteiger partial charge is 0.145 e. The van der Waals surface area contributed by atoms with Crippen LogP contribution in [-0.2, 0) is 4.79 Å². The highest BCUT2D eigenvalue weighted by molar-refractivity contribution is 5.71. The third-order valence-corrected chi connectivity index (χ3v) is 6.33. The van der Waals surface area contributed by atoms with Crippen LogP contribution >= 0.6 is 0 Å². The highest BCUT2D eigenvalue weighted by atomic mass is 16.3. The van der Waals surface area contributed by atoms with Crippen LogP contribution in [-0.4, -0.2) is 28.7 Å². The minimum Gasteiger partial charge on any atom is -0.393 e. The topological polar surface area (TPSA) is 57.5 Å². The van der Waals surface area contributed by atoms with Crippen LogP contribution in [0.5, 0.6) is 0 Å². The second kappa shape index (κ2) is 5.93. The van der Waals surface area contributed by atoms with E-state index in [2.05, 4.69) is 27.4 Å². The Morgan fingerprint density at radius 2 is 2.00 bits per heavy atom. The van der Waals surface area contributed by atoms with Crippen LogP contribution in [0.1, 0.15) is 53.4 Å². The second-order valence-electron chi connectivity index (χ2n) is 8.14. The van der Waals surface area contributed by atoms with E-state index in [9.17, 15) is 15.0 Å². The third-order valence-electron chi connectivity index (χ3n) is 6.33. The Balaban J connectivity index is 2.39. The third kappa shape index (κ3) is 2.69. The molecular weight excluding hydrogens is 276 g/mol. The van der Waals surface area contributed by atoms with Crippen molar-refractivity contribution >= 4 is 6.29 Å². The van der Waals surface area contributed by atoms with Crippen molar-refractivity contribution in [2.75, 3.05) is 0 Å². The van der Waals surface area contributed by atoms with Gasteiger partial charge in [-0.2, -0.15) is 0 Å². The molecule has 3 heteroatoms. The second-order valence-corrected chi connectivity index (χ2v) is 8.14. The minimum atomic E-state index is -0.449. The fraction of sp³-hybridized carbons (Fsp3) is 0.737. The molecule has 22 heavy (non-hydrogen) atoms. The predicted molar refractivity (Wildman–Crippen MR) is 88.3 cm³/mol. The van der Waals surface area contributed by atoms with Gasteiger partial charge >= 0.3 is 0 Å². The molecule has 0 saturated heterocycles. The first-order valence-electron chi connectivity index (χ1n) is 8.30. The lowest BCUT2D eigenvalue weighted by Gasteiger charge is -2.60. The zero-order chi connectivity index (χ0) is 16.7. The first-order valence-corrected chi connectivity index (χ1v) is 8.30. The van der Waals surface area contributed by atoms with E-state index >= 15 is 0 Å². The molecule has 0 aromatic carbocycles. The molecular formula is C19H30O3. The van der Waals surface area contributed by atoms with Crippen molar-refractivity contribution in [1.82, 2.24) is 0 Å². The maximum atomic E-state index is 10.9. The van der Waals surface area contributed by atoms with Crippen LogP contribution in [0, 0.1) is 22.7 Å². The Morgan fingerprint density at radius 1 is 1.36 bits per heavy atom. The van der Waals surface area contributed by atoms with Crippen molar-refractivity contribution in [2.45, 2.75) is 65.6 Å². The van der Waals surface area contributed by atoms with Gasteiger partial charge in [0.05, 0.1) is 12.2 Å². The summed E-state index contributed by atoms with van der Waals surface area (Å²) < 4.78 is 0. The van der Waals surface area contributed by atoms with Gasteiger partial charge in [-0.1, -0.05) is 39.0 Å². The Kier molecular flexibility index (Phi) is 4.70. The Hall–Kier alpha value is -0.930. The molecule has 0 aromatic heterocycles. The van der Waals surface area contributed by atoms with Crippen molar-refractivity contribution in [3.05, 3.63) is 23.8 Å². The number of hydrogen-bond acceptors (Lipinski definition) is 3. The number of allylic oxidation sites excluding steroid dienone is 2. The summed E-state index contributed by atoms with van der Waals surface area (Å²) in [7, 11) is 0. The molecule has 2 aliphatic rings. The number of fused-ring (bicyclic) bond motifs is 1. The fourth-order valence-corrected chi connectivity index (χ4v) is 5.14. The van der Waals surface area contributed by atoms with Crippen LogP contribution in [0.4, 0.5) is 0 Å². The summed E-state index contributed by atoms with van der Waals surface area (Å²) >= 11 is 0. The van der Waals surface area contributed by atoms with Crippen molar-refractivity contribution in [3.63, 3.8) is 0 Å². The van der Waals surface area contributed by atoms with Gasteiger partial charge in [-0.15, -0.1) is 0 Å². The molecule has 5 atom stereocenters. The molecule has 2 saturated carbocycles. The molecule has 2 fully saturated rings. The highest BCUT2D eigenvalue weighted by Gasteiger charge is 2.58.